The molecule has 1 heterocycles. The van der Waals surface area contributed by atoms with Crippen molar-refractivity contribution >= 4 is 22.2 Å². The first-order valence-electron chi connectivity index (χ1n) is 5.56. The summed E-state index contributed by atoms with van der Waals surface area (Å²) in [7, 11) is -0.667. The molecule has 4 nitrogen and oxygen atoms in total. The number of anilines is 2. The topological polar surface area (TPSA) is 70.1 Å². The first kappa shape index (κ1) is 11.9. The van der Waals surface area contributed by atoms with Crippen LogP contribution in [-0.4, -0.2) is 28.8 Å². The third-order valence-electron chi connectivity index (χ3n) is 2.94. The van der Waals surface area contributed by atoms with Gasteiger partial charge in [0.1, 0.15) is 0 Å². The molecule has 0 aliphatic carbocycles. The summed E-state index contributed by atoms with van der Waals surface area (Å²) in [5.74, 6) is 1.44. The predicted octanol–water partition coefficient (Wildman–Crippen LogP) is 0.904. The summed E-state index contributed by atoms with van der Waals surface area (Å²) in [4.78, 5) is 2.20. The maximum absolute atomic E-state index is 11.3. The van der Waals surface area contributed by atoms with E-state index in [9.17, 15) is 4.21 Å². The van der Waals surface area contributed by atoms with Gasteiger partial charge in [0.25, 0.3) is 0 Å². The molecule has 1 saturated heterocycles. The average molecular weight is 249 g/mol. The van der Waals surface area contributed by atoms with Crippen LogP contribution in [0.2, 0.25) is 0 Å². The van der Waals surface area contributed by atoms with Crippen LogP contribution in [0, 0.1) is 11.3 Å². The number of rotatable bonds is 2. The summed E-state index contributed by atoms with van der Waals surface area (Å²) in [5, 5.41) is 8.72. The van der Waals surface area contributed by atoms with Gasteiger partial charge in [-0.15, -0.1) is 0 Å². The lowest BCUT2D eigenvalue weighted by Gasteiger charge is -2.28. The molecule has 0 radical (unpaired) electrons. The standard InChI is InChI=1S/C12H15N3OS/c13-4-3-10-9-11(1-2-12(10)14)15-5-7-17(16)8-6-15/h1-2,9H,3,5-8,14H2. The Balaban J connectivity index is 2.19. The highest BCUT2D eigenvalue weighted by molar-refractivity contribution is 7.85. The van der Waals surface area contributed by atoms with Crippen molar-refractivity contribution < 1.29 is 4.21 Å². The van der Waals surface area contributed by atoms with E-state index in [1.165, 1.54) is 0 Å². The van der Waals surface area contributed by atoms with E-state index in [-0.39, 0.29) is 0 Å². The van der Waals surface area contributed by atoms with E-state index in [0.29, 0.717) is 12.1 Å². The largest absolute Gasteiger partial charge is 0.398 e. The number of hydrogen-bond donors (Lipinski definition) is 1. The summed E-state index contributed by atoms with van der Waals surface area (Å²) in [5.41, 5.74) is 8.41. The smallest absolute Gasteiger partial charge is 0.0670 e. The van der Waals surface area contributed by atoms with Gasteiger partial charge in [0, 0.05) is 46.8 Å². The molecular formula is C12H15N3OS. The molecule has 1 aromatic rings. The van der Waals surface area contributed by atoms with Gasteiger partial charge in [-0.05, 0) is 23.8 Å². The molecule has 0 bridgehead atoms. The van der Waals surface area contributed by atoms with E-state index in [1.54, 1.807) is 0 Å². The highest BCUT2D eigenvalue weighted by atomic mass is 32.2. The van der Waals surface area contributed by atoms with Crippen LogP contribution in [0.5, 0.6) is 0 Å². The predicted molar refractivity (Wildman–Crippen MR) is 70.3 cm³/mol. The van der Waals surface area contributed by atoms with Crippen LogP contribution in [-0.2, 0) is 17.2 Å². The van der Waals surface area contributed by atoms with E-state index < -0.39 is 10.8 Å². The second-order valence-electron chi connectivity index (χ2n) is 4.05. The van der Waals surface area contributed by atoms with E-state index in [2.05, 4.69) is 11.0 Å². The first-order valence-corrected chi connectivity index (χ1v) is 7.05. The molecule has 5 heteroatoms. The van der Waals surface area contributed by atoms with Crippen molar-refractivity contribution in [2.75, 3.05) is 35.2 Å². The molecule has 0 spiro atoms. The zero-order valence-corrected chi connectivity index (χ0v) is 10.4. The number of nitrogens with two attached hydrogens (primary N) is 1. The van der Waals surface area contributed by atoms with Gasteiger partial charge >= 0.3 is 0 Å². The maximum Gasteiger partial charge on any atom is 0.0670 e. The fraction of sp³-hybridized carbons (Fsp3) is 0.417. The number of nitrogens with zero attached hydrogens (tertiary/aromatic N) is 2. The van der Waals surface area contributed by atoms with Gasteiger partial charge < -0.3 is 10.6 Å². The number of benzene rings is 1. The van der Waals surface area contributed by atoms with Crippen LogP contribution in [0.4, 0.5) is 11.4 Å². The molecule has 2 N–H and O–H groups in total. The summed E-state index contributed by atoms with van der Waals surface area (Å²) in [6.45, 7) is 1.62. The zero-order valence-electron chi connectivity index (χ0n) is 9.56. The van der Waals surface area contributed by atoms with Gasteiger partial charge in [-0.2, -0.15) is 5.26 Å². The lowest BCUT2D eigenvalue weighted by molar-refractivity contribution is 0.673. The Morgan fingerprint density at radius 2 is 2.12 bits per heavy atom. The monoisotopic (exact) mass is 249 g/mol. The van der Waals surface area contributed by atoms with Gasteiger partial charge in [0.05, 0.1) is 12.5 Å². The van der Waals surface area contributed by atoms with E-state index in [4.69, 9.17) is 11.0 Å². The van der Waals surface area contributed by atoms with Crippen LogP contribution in [0.15, 0.2) is 18.2 Å². The molecule has 1 fully saturated rings. The molecule has 2 rings (SSSR count). The number of hydrogen-bond acceptors (Lipinski definition) is 4. The molecule has 0 saturated carbocycles. The van der Waals surface area contributed by atoms with Gasteiger partial charge in [-0.25, -0.2) is 0 Å². The normalized spacial score (nSPS) is 16.8. The van der Waals surface area contributed by atoms with Crippen molar-refractivity contribution in [3.8, 4) is 6.07 Å². The summed E-state index contributed by atoms with van der Waals surface area (Å²) < 4.78 is 11.3. The van der Waals surface area contributed by atoms with Gasteiger partial charge in [-0.1, -0.05) is 0 Å². The molecular weight excluding hydrogens is 234 g/mol. The average Bonchev–Trinajstić information content (AvgIpc) is 2.33. The second kappa shape index (κ2) is 5.19. The Bertz CT molecular complexity index is 471. The lowest BCUT2D eigenvalue weighted by atomic mass is 10.1. The van der Waals surface area contributed by atoms with Crippen LogP contribution >= 0.6 is 0 Å². The molecule has 1 aliphatic rings. The third kappa shape index (κ3) is 2.77. The SMILES string of the molecule is N#CCc1cc(N2CCS(=O)CC2)ccc1N. The Morgan fingerprint density at radius 3 is 2.76 bits per heavy atom. The molecule has 0 aromatic heterocycles. The molecule has 17 heavy (non-hydrogen) atoms. The van der Waals surface area contributed by atoms with Crippen molar-refractivity contribution in [1.82, 2.24) is 0 Å². The van der Waals surface area contributed by atoms with Crippen LogP contribution in [0.1, 0.15) is 5.56 Å². The van der Waals surface area contributed by atoms with Gasteiger partial charge in [0.15, 0.2) is 0 Å². The van der Waals surface area contributed by atoms with Gasteiger partial charge in [0.2, 0.25) is 0 Å². The summed E-state index contributed by atoms with van der Waals surface area (Å²) in [6.07, 6.45) is 0.333. The Labute approximate surface area is 103 Å². The molecule has 0 atom stereocenters. The number of nitrogen functional groups attached to an aromatic ring is 1. The minimum absolute atomic E-state index is 0.333. The van der Waals surface area contributed by atoms with Crippen molar-refractivity contribution in [2.24, 2.45) is 0 Å². The number of nitriles is 1. The quantitative estimate of drug-likeness (QED) is 0.791. The highest BCUT2D eigenvalue weighted by Gasteiger charge is 2.16. The fourth-order valence-electron chi connectivity index (χ4n) is 1.92. The van der Waals surface area contributed by atoms with Crippen molar-refractivity contribution in [2.45, 2.75) is 6.42 Å². The second-order valence-corrected chi connectivity index (χ2v) is 5.75. The molecule has 1 aromatic carbocycles. The van der Waals surface area contributed by atoms with E-state index in [1.807, 2.05) is 18.2 Å². The van der Waals surface area contributed by atoms with Gasteiger partial charge in [-0.3, -0.25) is 4.21 Å². The Morgan fingerprint density at radius 1 is 1.41 bits per heavy atom. The molecule has 0 unspecified atom stereocenters. The fourth-order valence-corrected chi connectivity index (χ4v) is 2.98. The third-order valence-corrected chi connectivity index (χ3v) is 4.21. The van der Waals surface area contributed by atoms with E-state index in [0.717, 1.165) is 35.8 Å². The molecule has 0 amide bonds. The minimum Gasteiger partial charge on any atom is -0.398 e. The Hall–Kier alpha value is -1.54. The minimum atomic E-state index is -0.667. The van der Waals surface area contributed by atoms with Crippen molar-refractivity contribution in [1.29, 1.82) is 5.26 Å². The summed E-state index contributed by atoms with van der Waals surface area (Å²) in [6, 6.07) is 7.88. The molecule has 90 valence electrons. The summed E-state index contributed by atoms with van der Waals surface area (Å²) >= 11 is 0. The first-order chi connectivity index (χ1) is 8.20. The van der Waals surface area contributed by atoms with Crippen molar-refractivity contribution in [3.05, 3.63) is 23.8 Å². The lowest BCUT2D eigenvalue weighted by Crippen LogP contribution is -2.37. The zero-order chi connectivity index (χ0) is 12.3. The van der Waals surface area contributed by atoms with Crippen LogP contribution in [0.25, 0.3) is 0 Å². The highest BCUT2D eigenvalue weighted by Crippen LogP contribution is 2.22. The van der Waals surface area contributed by atoms with Crippen molar-refractivity contribution in [3.63, 3.8) is 0 Å². The van der Waals surface area contributed by atoms with Crippen LogP contribution < -0.4 is 10.6 Å². The molecule has 1 aliphatic heterocycles. The Kier molecular flexibility index (Phi) is 3.64. The van der Waals surface area contributed by atoms with E-state index >= 15 is 0 Å². The maximum atomic E-state index is 11.3. The van der Waals surface area contributed by atoms with Crippen LogP contribution in [0.3, 0.4) is 0 Å².